The third kappa shape index (κ3) is 4.31. The second kappa shape index (κ2) is 7.40. The summed E-state index contributed by atoms with van der Waals surface area (Å²) in [5.74, 6) is 0. The molecule has 0 aromatic heterocycles. The molecule has 1 fully saturated rings. The minimum Gasteiger partial charge on any atom is -0.376 e. The fourth-order valence-corrected chi connectivity index (χ4v) is 2.60. The number of hydrogen-bond acceptors (Lipinski definition) is 3. The average Bonchev–Trinajstić information content (AvgIpc) is 2.99. The van der Waals surface area contributed by atoms with Gasteiger partial charge < -0.3 is 10.1 Å². The highest BCUT2D eigenvalue weighted by Gasteiger charge is 2.15. The summed E-state index contributed by atoms with van der Waals surface area (Å²) in [5.41, 5.74) is 8.04. The van der Waals surface area contributed by atoms with E-state index in [9.17, 15) is 4.79 Å². The van der Waals surface area contributed by atoms with Crippen LogP contribution in [-0.4, -0.2) is 31.0 Å². The third-order valence-electron chi connectivity index (χ3n) is 4.07. The van der Waals surface area contributed by atoms with E-state index in [0.29, 0.717) is 6.54 Å². The molecule has 0 saturated carbocycles. The molecule has 1 unspecified atom stereocenters. The van der Waals surface area contributed by atoms with Crippen molar-refractivity contribution in [3.8, 4) is 0 Å². The van der Waals surface area contributed by atoms with Crippen molar-refractivity contribution in [1.29, 1.82) is 0 Å². The van der Waals surface area contributed by atoms with Gasteiger partial charge in [-0.15, -0.1) is 0 Å². The largest absolute Gasteiger partial charge is 0.376 e. The Morgan fingerprint density at radius 1 is 1.27 bits per heavy atom. The molecular weight excluding hydrogens is 278 g/mol. The number of carbonyl (C=O) groups excluding carboxylic acids is 1. The first kappa shape index (κ1) is 16.5. The summed E-state index contributed by atoms with van der Waals surface area (Å²) >= 11 is 0. The lowest BCUT2D eigenvalue weighted by molar-refractivity contribution is 0.111. The topological polar surface area (TPSA) is 62.7 Å². The fraction of sp³-hybridized carbons (Fsp3) is 0.529. The number of aryl methyl sites for hydroxylation is 3. The number of ether oxygens (including phenoxy) is 1. The monoisotopic (exact) mass is 303 g/mol. The van der Waals surface area contributed by atoms with Crippen molar-refractivity contribution in [3.05, 3.63) is 34.4 Å². The Bertz CT molecular complexity index is 576. The molecule has 0 radical (unpaired) electrons. The summed E-state index contributed by atoms with van der Waals surface area (Å²) < 4.78 is 5.46. The molecule has 1 heterocycles. The maximum atomic E-state index is 11.8. The molecule has 1 aromatic rings. The molecule has 120 valence electrons. The molecule has 0 spiro atoms. The first-order valence-corrected chi connectivity index (χ1v) is 7.75. The number of nitrogens with zero attached hydrogens (tertiary/aromatic N) is 1. The maximum absolute atomic E-state index is 11.8. The molecule has 1 aliphatic rings. The highest BCUT2D eigenvalue weighted by Crippen LogP contribution is 2.16. The zero-order chi connectivity index (χ0) is 16.1. The summed E-state index contributed by atoms with van der Waals surface area (Å²) in [7, 11) is 0. The lowest BCUT2D eigenvalue weighted by atomic mass is 9.98. The third-order valence-corrected chi connectivity index (χ3v) is 4.07. The molecule has 22 heavy (non-hydrogen) atoms. The van der Waals surface area contributed by atoms with Crippen molar-refractivity contribution in [2.45, 2.75) is 46.6 Å². The Kier molecular flexibility index (Phi) is 5.55. The van der Waals surface area contributed by atoms with E-state index in [4.69, 9.17) is 4.74 Å². The van der Waals surface area contributed by atoms with Crippen molar-refractivity contribution in [2.24, 2.45) is 5.10 Å². The van der Waals surface area contributed by atoms with Gasteiger partial charge in [0.1, 0.15) is 0 Å². The van der Waals surface area contributed by atoms with E-state index >= 15 is 0 Å². The lowest BCUT2D eigenvalue weighted by Gasteiger charge is -2.11. The van der Waals surface area contributed by atoms with Gasteiger partial charge in [-0.2, -0.15) is 5.10 Å². The Hall–Kier alpha value is -1.88. The quantitative estimate of drug-likeness (QED) is 0.663. The van der Waals surface area contributed by atoms with Gasteiger partial charge in [0.2, 0.25) is 0 Å². The minimum atomic E-state index is -0.295. The van der Waals surface area contributed by atoms with E-state index in [0.717, 1.165) is 36.3 Å². The van der Waals surface area contributed by atoms with Crippen LogP contribution in [-0.2, 0) is 4.74 Å². The van der Waals surface area contributed by atoms with Gasteiger partial charge in [-0.3, -0.25) is 0 Å². The van der Waals surface area contributed by atoms with E-state index in [1.54, 1.807) is 0 Å². The average molecular weight is 303 g/mol. The predicted molar refractivity (Wildman–Crippen MR) is 88.4 cm³/mol. The van der Waals surface area contributed by atoms with Gasteiger partial charge in [-0.05, 0) is 63.3 Å². The van der Waals surface area contributed by atoms with E-state index in [2.05, 4.69) is 48.7 Å². The number of nitrogens with one attached hydrogen (secondary N) is 2. The molecule has 0 aliphatic carbocycles. The molecular formula is C17H25N3O2. The van der Waals surface area contributed by atoms with Gasteiger partial charge in [0.05, 0.1) is 11.8 Å². The molecule has 2 amide bonds. The van der Waals surface area contributed by atoms with Gasteiger partial charge in [0.25, 0.3) is 0 Å². The molecule has 5 heteroatoms. The summed E-state index contributed by atoms with van der Waals surface area (Å²) in [6, 6.07) is 3.95. The molecule has 1 aromatic carbocycles. The smallest absolute Gasteiger partial charge is 0.335 e. The number of carbonyl (C=O) groups is 1. The molecule has 1 saturated heterocycles. The van der Waals surface area contributed by atoms with Gasteiger partial charge in [-0.25, -0.2) is 10.2 Å². The number of rotatable bonds is 4. The first-order chi connectivity index (χ1) is 10.5. The number of hydrazone groups is 1. The normalized spacial score (nSPS) is 18.4. The summed E-state index contributed by atoms with van der Waals surface area (Å²) in [6.07, 6.45) is 2.21. The molecule has 2 N–H and O–H groups in total. The van der Waals surface area contributed by atoms with Crippen LogP contribution in [0.3, 0.4) is 0 Å². The number of hydrogen-bond donors (Lipinski definition) is 2. The summed E-state index contributed by atoms with van der Waals surface area (Å²) in [6.45, 7) is 9.44. The van der Waals surface area contributed by atoms with Crippen LogP contribution in [0.15, 0.2) is 17.2 Å². The van der Waals surface area contributed by atoms with Gasteiger partial charge in [0, 0.05) is 18.7 Å². The summed E-state index contributed by atoms with van der Waals surface area (Å²) in [5, 5.41) is 6.97. The number of benzene rings is 1. The summed E-state index contributed by atoms with van der Waals surface area (Å²) in [4.78, 5) is 11.8. The zero-order valence-corrected chi connectivity index (χ0v) is 13.8. The molecule has 1 aliphatic heterocycles. The van der Waals surface area contributed by atoms with Gasteiger partial charge in [-0.1, -0.05) is 6.07 Å². The molecule has 5 nitrogen and oxygen atoms in total. The van der Waals surface area contributed by atoms with Crippen LogP contribution in [0.25, 0.3) is 0 Å². The van der Waals surface area contributed by atoms with Gasteiger partial charge >= 0.3 is 6.03 Å². The van der Waals surface area contributed by atoms with Crippen LogP contribution >= 0.6 is 0 Å². The van der Waals surface area contributed by atoms with E-state index in [1.807, 2.05) is 6.92 Å². The molecule has 2 rings (SSSR count). The van der Waals surface area contributed by atoms with Crippen LogP contribution < -0.4 is 10.7 Å². The Balaban J connectivity index is 1.91. The Morgan fingerprint density at radius 2 is 2.00 bits per heavy atom. The predicted octanol–water partition coefficient (Wildman–Crippen LogP) is 2.81. The van der Waals surface area contributed by atoms with Gasteiger partial charge in [0.15, 0.2) is 0 Å². The van der Waals surface area contributed by atoms with Crippen LogP contribution in [0.1, 0.15) is 42.0 Å². The van der Waals surface area contributed by atoms with E-state index in [1.165, 1.54) is 11.1 Å². The standard InChI is InChI=1S/C17H25N3O2/c1-11-8-13(3)16(9-12(11)2)14(4)19-20-17(21)18-10-15-6-5-7-22-15/h8-9,15H,5-7,10H2,1-4H3,(H2,18,20,21). The second-order valence-corrected chi connectivity index (χ2v) is 5.91. The lowest BCUT2D eigenvalue weighted by Crippen LogP contribution is -2.37. The Morgan fingerprint density at radius 3 is 2.68 bits per heavy atom. The van der Waals surface area contributed by atoms with Crippen LogP contribution in [0.4, 0.5) is 4.79 Å². The molecule has 1 atom stereocenters. The van der Waals surface area contributed by atoms with Crippen molar-refractivity contribution >= 4 is 11.7 Å². The SMILES string of the molecule is CC(=NNC(=O)NCC1CCCO1)c1cc(C)c(C)cc1C. The van der Waals surface area contributed by atoms with Crippen LogP contribution in [0.2, 0.25) is 0 Å². The van der Waals surface area contributed by atoms with E-state index < -0.39 is 0 Å². The minimum absolute atomic E-state index is 0.137. The van der Waals surface area contributed by atoms with E-state index in [-0.39, 0.29) is 12.1 Å². The second-order valence-electron chi connectivity index (χ2n) is 5.91. The van der Waals surface area contributed by atoms with Crippen LogP contribution in [0, 0.1) is 20.8 Å². The Labute approximate surface area is 132 Å². The number of urea groups is 1. The van der Waals surface area contributed by atoms with Crippen molar-refractivity contribution in [1.82, 2.24) is 10.7 Å². The zero-order valence-electron chi connectivity index (χ0n) is 13.8. The maximum Gasteiger partial charge on any atom is 0.335 e. The number of amides is 2. The first-order valence-electron chi connectivity index (χ1n) is 7.75. The van der Waals surface area contributed by atoms with Crippen molar-refractivity contribution < 1.29 is 9.53 Å². The van der Waals surface area contributed by atoms with Crippen LogP contribution in [0.5, 0.6) is 0 Å². The van der Waals surface area contributed by atoms with Crippen molar-refractivity contribution in [3.63, 3.8) is 0 Å². The highest BCUT2D eigenvalue weighted by molar-refractivity contribution is 6.00. The highest BCUT2D eigenvalue weighted by atomic mass is 16.5. The molecule has 0 bridgehead atoms. The van der Waals surface area contributed by atoms with Crippen molar-refractivity contribution in [2.75, 3.05) is 13.2 Å². The fourth-order valence-electron chi connectivity index (χ4n) is 2.60.